The van der Waals surface area contributed by atoms with E-state index in [1.807, 2.05) is 0 Å². The summed E-state index contributed by atoms with van der Waals surface area (Å²) in [6.07, 6.45) is 14.2. The maximum atomic E-state index is 12.8. The van der Waals surface area contributed by atoms with Crippen molar-refractivity contribution in [1.29, 1.82) is 0 Å². The Bertz CT molecular complexity index is 777. The zero-order valence-corrected chi connectivity index (χ0v) is 21.3. The minimum atomic E-state index is -0.494. The second-order valence-corrected chi connectivity index (χ2v) is 13.1. The van der Waals surface area contributed by atoms with Gasteiger partial charge in [0, 0.05) is 23.7 Å². The van der Waals surface area contributed by atoms with Gasteiger partial charge in [0.25, 0.3) is 0 Å². The minimum Gasteiger partial charge on any atom is -0.347 e. The summed E-state index contributed by atoms with van der Waals surface area (Å²) in [6, 6.07) is 0. The number of ether oxygens (including phenoxy) is 2. The normalized spacial score (nSPS) is 43.8. The molecule has 32 heavy (non-hydrogen) atoms. The van der Waals surface area contributed by atoms with E-state index >= 15 is 0 Å². The predicted octanol–water partition coefficient (Wildman–Crippen LogP) is 7.09. The van der Waals surface area contributed by atoms with Gasteiger partial charge in [0.05, 0.1) is 13.2 Å². The molecule has 3 fully saturated rings. The molecule has 4 aliphatic carbocycles. The zero-order chi connectivity index (χ0) is 22.8. The number of carbonyl (C=O) groups excluding carboxylic acids is 1. The predicted molar refractivity (Wildman–Crippen MR) is 128 cm³/mol. The summed E-state index contributed by atoms with van der Waals surface area (Å²) in [6.45, 7) is 13.7. The molecule has 2 saturated carbocycles. The van der Waals surface area contributed by atoms with Gasteiger partial charge in [0.15, 0.2) is 5.79 Å². The van der Waals surface area contributed by atoms with Crippen LogP contribution in [0.5, 0.6) is 0 Å². The number of hydrogen-bond donors (Lipinski definition) is 0. The van der Waals surface area contributed by atoms with Crippen molar-refractivity contribution in [3.63, 3.8) is 0 Å². The molecule has 1 spiro atoms. The van der Waals surface area contributed by atoms with Crippen LogP contribution in [0.1, 0.15) is 105 Å². The monoisotopic (exact) mass is 442 g/mol. The molecule has 0 radical (unpaired) electrons. The van der Waals surface area contributed by atoms with E-state index < -0.39 is 5.79 Å². The molecule has 3 heteroatoms. The summed E-state index contributed by atoms with van der Waals surface area (Å²) in [5, 5.41) is 0. The summed E-state index contributed by atoms with van der Waals surface area (Å²) in [4.78, 5) is 12.8. The van der Waals surface area contributed by atoms with Gasteiger partial charge in [-0.3, -0.25) is 0 Å². The molecular weight excluding hydrogens is 396 g/mol. The molecule has 0 aromatic carbocycles. The van der Waals surface area contributed by atoms with Crippen LogP contribution in [-0.4, -0.2) is 25.3 Å². The Hall–Kier alpha value is -0.670. The third-order valence-electron chi connectivity index (χ3n) is 11.3. The highest BCUT2D eigenvalue weighted by molar-refractivity contribution is 5.65. The maximum Gasteiger partial charge on any atom is 0.169 e. The van der Waals surface area contributed by atoms with E-state index in [-0.39, 0.29) is 10.8 Å². The van der Waals surface area contributed by atoms with Gasteiger partial charge < -0.3 is 14.3 Å². The van der Waals surface area contributed by atoms with Crippen LogP contribution in [0.4, 0.5) is 0 Å². The van der Waals surface area contributed by atoms with Crippen LogP contribution in [0.15, 0.2) is 11.1 Å². The van der Waals surface area contributed by atoms with Gasteiger partial charge in [0.1, 0.15) is 6.29 Å². The van der Waals surface area contributed by atoms with Crippen LogP contribution in [0.2, 0.25) is 0 Å². The van der Waals surface area contributed by atoms with Gasteiger partial charge in [-0.2, -0.15) is 0 Å². The lowest BCUT2D eigenvalue weighted by molar-refractivity contribution is -0.223. The molecule has 6 atom stereocenters. The van der Waals surface area contributed by atoms with Crippen molar-refractivity contribution >= 4 is 6.29 Å². The van der Waals surface area contributed by atoms with E-state index in [2.05, 4.69) is 34.6 Å². The first kappa shape index (κ1) is 23.1. The maximum absolute atomic E-state index is 12.8. The second-order valence-electron chi connectivity index (χ2n) is 13.1. The number of rotatable bonds is 5. The minimum absolute atomic E-state index is 0.00836. The first-order valence-corrected chi connectivity index (χ1v) is 13.7. The number of hydrogen-bond acceptors (Lipinski definition) is 3. The van der Waals surface area contributed by atoms with E-state index in [1.165, 1.54) is 44.8 Å². The van der Waals surface area contributed by atoms with Crippen molar-refractivity contribution in [2.24, 2.45) is 39.9 Å². The Labute approximate surface area is 196 Å². The molecule has 0 N–H and O–H groups in total. The number of fused-ring (bicyclic) bond motifs is 4. The average molecular weight is 443 g/mol. The van der Waals surface area contributed by atoms with Gasteiger partial charge in [-0.1, -0.05) is 58.6 Å². The lowest BCUT2D eigenvalue weighted by Crippen LogP contribution is -2.57. The number of aldehydes is 1. The van der Waals surface area contributed by atoms with E-state index in [9.17, 15) is 4.79 Å². The van der Waals surface area contributed by atoms with Crippen molar-refractivity contribution < 1.29 is 14.3 Å². The van der Waals surface area contributed by atoms with Gasteiger partial charge >= 0.3 is 0 Å². The molecule has 5 aliphatic rings. The fourth-order valence-electron chi connectivity index (χ4n) is 9.25. The topological polar surface area (TPSA) is 35.5 Å². The van der Waals surface area contributed by atoms with Crippen molar-refractivity contribution in [3.05, 3.63) is 11.1 Å². The third-order valence-corrected chi connectivity index (χ3v) is 11.3. The van der Waals surface area contributed by atoms with Crippen LogP contribution in [0.25, 0.3) is 0 Å². The fraction of sp³-hybridized carbons (Fsp3) is 0.897. The SMILES string of the molecule is CC(C)CC[C@@H](C)[C@H]1CC[C@H]2C3=C(CC[C@]12C)[C@@]1(C)CCC2(C[C@@]1(C=O)CC3)OCCO2. The van der Waals surface area contributed by atoms with Gasteiger partial charge in [-0.25, -0.2) is 0 Å². The second kappa shape index (κ2) is 7.94. The highest BCUT2D eigenvalue weighted by Crippen LogP contribution is 2.69. The number of carbonyl (C=O) groups is 1. The summed E-state index contributed by atoms with van der Waals surface area (Å²) < 4.78 is 12.2. The third kappa shape index (κ3) is 3.23. The van der Waals surface area contributed by atoms with Crippen LogP contribution in [0.3, 0.4) is 0 Å². The van der Waals surface area contributed by atoms with E-state index in [4.69, 9.17) is 9.47 Å². The van der Waals surface area contributed by atoms with Crippen LogP contribution < -0.4 is 0 Å². The van der Waals surface area contributed by atoms with Crippen LogP contribution in [0, 0.1) is 39.9 Å². The molecule has 1 aliphatic heterocycles. The Morgan fingerprint density at radius 3 is 2.41 bits per heavy atom. The Morgan fingerprint density at radius 1 is 0.969 bits per heavy atom. The Balaban J connectivity index is 1.44. The highest BCUT2D eigenvalue weighted by atomic mass is 16.7. The molecule has 0 aromatic heterocycles. The van der Waals surface area contributed by atoms with E-state index in [0.717, 1.165) is 55.8 Å². The molecule has 1 heterocycles. The molecule has 5 rings (SSSR count). The summed E-state index contributed by atoms with van der Waals surface area (Å²) in [5.74, 6) is 2.75. The summed E-state index contributed by atoms with van der Waals surface area (Å²) >= 11 is 0. The van der Waals surface area contributed by atoms with E-state index in [0.29, 0.717) is 18.6 Å². The molecular formula is C29H46O3. The van der Waals surface area contributed by atoms with Crippen molar-refractivity contribution in [3.8, 4) is 0 Å². The molecule has 0 bridgehead atoms. The molecule has 180 valence electrons. The first-order chi connectivity index (χ1) is 15.2. The summed E-state index contributed by atoms with van der Waals surface area (Å²) in [5.41, 5.74) is 3.60. The average Bonchev–Trinajstić information content (AvgIpc) is 3.36. The molecule has 1 saturated heterocycles. The molecule has 3 nitrogen and oxygen atoms in total. The zero-order valence-electron chi connectivity index (χ0n) is 21.3. The van der Waals surface area contributed by atoms with Gasteiger partial charge in [-0.05, 0) is 74.0 Å². The molecule has 0 amide bonds. The standard InChI is InChI=1S/C29H46O3/c1-20(2)6-7-21(3)23-8-9-24-22-10-13-28(19-30)18-29(31-16-17-32-29)15-14-27(28,5)25(22)11-12-26(23,24)4/h19-21,23-24H,6-18H2,1-5H3/t21-,23-,24+,26-,27-,28-/m1/s1. The fourth-order valence-corrected chi connectivity index (χ4v) is 9.25. The van der Waals surface area contributed by atoms with E-state index in [1.54, 1.807) is 11.1 Å². The van der Waals surface area contributed by atoms with Gasteiger partial charge in [-0.15, -0.1) is 0 Å². The van der Waals surface area contributed by atoms with Gasteiger partial charge in [0.2, 0.25) is 0 Å². The smallest absolute Gasteiger partial charge is 0.169 e. The lowest BCUT2D eigenvalue weighted by Gasteiger charge is -2.60. The van der Waals surface area contributed by atoms with Crippen molar-refractivity contribution in [2.45, 2.75) is 111 Å². The highest BCUT2D eigenvalue weighted by Gasteiger charge is 2.64. The Morgan fingerprint density at radius 2 is 1.72 bits per heavy atom. The van der Waals surface area contributed by atoms with Crippen LogP contribution in [-0.2, 0) is 14.3 Å². The lowest BCUT2D eigenvalue weighted by atomic mass is 9.45. The number of allylic oxidation sites excluding steroid dienone is 2. The first-order valence-electron chi connectivity index (χ1n) is 13.7. The van der Waals surface area contributed by atoms with Crippen molar-refractivity contribution in [2.75, 3.05) is 13.2 Å². The van der Waals surface area contributed by atoms with Crippen molar-refractivity contribution in [1.82, 2.24) is 0 Å². The largest absolute Gasteiger partial charge is 0.347 e. The summed E-state index contributed by atoms with van der Waals surface area (Å²) in [7, 11) is 0. The molecule has 0 aromatic rings. The van der Waals surface area contributed by atoms with Crippen LogP contribution >= 0.6 is 0 Å². The Kier molecular flexibility index (Phi) is 5.73. The molecule has 0 unspecified atom stereocenters. The quantitative estimate of drug-likeness (QED) is 0.337.